The largest absolute Gasteiger partial charge is 0.326 e. The Labute approximate surface area is 87.7 Å². The summed E-state index contributed by atoms with van der Waals surface area (Å²) in [5, 5.41) is 7.96. The molecule has 4 nitrogen and oxygen atoms in total. The topological polar surface area (TPSA) is 24.7 Å². The third kappa shape index (κ3) is 11.3. The van der Waals surface area contributed by atoms with Crippen molar-refractivity contribution in [2.75, 3.05) is 55.4 Å². The average molecular weight is 200 g/mol. The third-order valence-corrected chi connectivity index (χ3v) is 1.49. The molecule has 0 heterocycles. The SMILES string of the molecule is C[N+](C)(C)CC=NN=CC[N+](C)(C)C. The Balaban J connectivity index is 3.73. The number of hydrogen-bond donors (Lipinski definition) is 0. The van der Waals surface area contributed by atoms with Gasteiger partial charge in [-0.3, -0.25) is 0 Å². The highest BCUT2D eigenvalue weighted by molar-refractivity contribution is 5.62. The summed E-state index contributed by atoms with van der Waals surface area (Å²) in [4.78, 5) is 0. The van der Waals surface area contributed by atoms with E-state index in [1.54, 1.807) is 0 Å². The van der Waals surface area contributed by atoms with Crippen molar-refractivity contribution in [1.29, 1.82) is 0 Å². The van der Waals surface area contributed by atoms with E-state index in [2.05, 4.69) is 52.5 Å². The summed E-state index contributed by atoms with van der Waals surface area (Å²) in [6, 6.07) is 0. The fourth-order valence-corrected chi connectivity index (χ4v) is 0.657. The molecule has 0 aromatic rings. The zero-order valence-electron chi connectivity index (χ0n) is 10.4. The van der Waals surface area contributed by atoms with Crippen LogP contribution >= 0.6 is 0 Å². The first-order valence-electron chi connectivity index (χ1n) is 4.85. The first-order chi connectivity index (χ1) is 6.21. The van der Waals surface area contributed by atoms with E-state index in [1.165, 1.54) is 0 Å². The molecule has 0 aromatic heterocycles. The van der Waals surface area contributed by atoms with E-state index >= 15 is 0 Å². The van der Waals surface area contributed by atoms with Gasteiger partial charge in [0.1, 0.15) is 13.1 Å². The average Bonchev–Trinajstić information content (AvgIpc) is 1.92. The molecule has 4 heteroatoms. The maximum absolute atomic E-state index is 3.98. The molecule has 0 N–H and O–H groups in total. The monoisotopic (exact) mass is 200 g/mol. The summed E-state index contributed by atoms with van der Waals surface area (Å²) in [5.74, 6) is 0. The van der Waals surface area contributed by atoms with Crippen LogP contribution in [-0.4, -0.2) is 76.8 Å². The van der Waals surface area contributed by atoms with Crippen LogP contribution in [0.2, 0.25) is 0 Å². The predicted octanol–water partition coefficient (Wildman–Crippen LogP) is 0.455. The van der Waals surface area contributed by atoms with Crippen molar-refractivity contribution in [3.8, 4) is 0 Å². The van der Waals surface area contributed by atoms with Crippen LogP contribution in [0.5, 0.6) is 0 Å². The van der Waals surface area contributed by atoms with Crippen LogP contribution in [0, 0.1) is 0 Å². The Morgan fingerprint density at radius 2 is 1.00 bits per heavy atom. The second kappa shape index (κ2) is 5.22. The smallest absolute Gasteiger partial charge is 0.116 e. The minimum absolute atomic E-state index is 0.883. The lowest BCUT2D eigenvalue weighted by atomic mass is 10.5. The van der Waals surface area contributed by atoms with Crippen LogP contribution in [-0.2, 0) is 0 Å². The molecule has 0 aliphatic rings. The zero-order chi connectivity index (χ0) is 11.2. The molecule has 0 saturated carbocycles. The van der Waals surface area contributed by atoms with Crippen LogP contribution in [0.3, 0.4) is 0 Å². The van der Waals surface area contributed by atoms with Crippen LogP contribution in [0.4, 0.5) is 0 Å². The van der Waals surface area contributed by atoms with E-state index in [1.807, 2.05) is 12.4 Å². The first kappa shape index (κ1) is 13.3. The maximum Gasteiger partial charge on any atom is 0.116 e. The lowest BCUT2D eigenvalue weighted by molar-refractivity contribution is -0.860. The summed E-state index contributed by atoms with van der Waals surface area (Å²) in [5.41, 5.74) is 0. The molecule has 0 bridgehead atoms. The molecule has 0 fully saturated rings. The molecule has 0 unspecified atom stereocenters. The minimum Gasteiger partial charge on any atom is -0.326 e. The van der Waals surface area contributed by atoms with Gasteiger partial charge in [-0.15, -0.1) is 0 Å². The molecule has 0 atom stereocenters. The van der Waals surface area contributed by atoms with E-state index in [4.69, 9.17) is 0 Å². The molecule has 0 radical (unpaired) electrons. The van der Waals surface area contributed by atoms with Gasteiger partial charge in [-0.25, -0.2) is 0 Å². The van der Waals surface area contributed by atoms with Crippen molar-refractivity contribution in [3.63, 3.8) is 0 Å². The number of nitrogens with zero attached hydrogens (tertiary/aromatic N) is 4. The Bertz CT molecular complexity index is 181. The summed E-state index contributed by atoms with van der Waals surface area (Å²) in [6.45, 7) is 1.81. The molecule has 0 aliphatic carbocycles. The van der Waals surface area contributed by atoms with Crippen molar-refractivity contribution in [2.45, 2.75) is 0 Å². The van der Waals surface area contributed by atoms with Crippen molar-refractivity contribution < 1.29 is 8.97 Å². The minimum atomic E-state index is 0.883. The number of quaternary nitrogens is 2. The molecule has 14 heavy (non-hydrogen) atoms. The summed E-state index contributed by atoms with van der Waals surface area (Å²) < 4.78 is 1.77. The molecular formula is C10H24N4+2. The molecule has 0 aliphatic heterocycles. The highest BCUT2D eigenvalue weighted by atomic mass is 15.3. The van der Waals surface area contributed by atoms with Gasteiger partial charge in [-0.2, -0.15) is 10.2 Å². The summed E-state index contributed by atoms with van der Waals surface area (Å²) in [6.07, 6.45) is 3.71. The highest BCUT2D eigenvalue weighted by Crippen LogP contribution is 1.87. The first-order valence-corrected chi connectivity index (χ1v) is 4.85. The van der Waals surface area contributed by atoms with Crippen molar-refractivity contribution in [3.05, 3.63) is 0 Å². The van der Waals surface area contributed by atoms with Crippen LogP contribution < -0.4 is 0 Å². The Morgan fingerprint density at radius 1 is 0.714 bits per heavy atom. The van der Waals surface area contributed by atoms with E-state index in [0.717, 1.165) is 22.1 Å². The lowest BCUT2D eigenvalue weighted by Gasteiger charge is -2.21. The second-order valence-electron chi connectivity index (χ2n) is 5.54. The summed E-state index contributed by atoms with van der Waals surface area (Å²) >= 11 is 0. The molecule has 0 spiro atoms. The van der Waals surface area contributed by atoms with Gasteiger partial charge in [0.2, 0.25) is 0 Å². The van der Waals surface area contributed by atoms with Gasteiger partial charge >= 0.3 is 0 Å². The fourth-order valence-electron chi connectivity index (χ4n) is 0.657. The Kier molecular flexibility index (Phi) is 4.94. The number of rotatable bonds is 5. The predicted molar refractivity (Wildman–Crippen MR) is 62.8 cm³/mol. The maximum atomic E-state index is 3.98. The normalized spacial score (nSPS) is 14.4. The van der Waals surface area contributed by atoms with E-state index < -0.39 is 0 Å². The van der Waals surface area contributed by atoms with Crippen LogP contribution in [0.25, 0.3) is 0 Å². The van der Waals surface area contributed by atoms with Crippen molar-refractivity contribution in [1.82, 2.24) is 0 Å². The summed E-state index contributed by atoms with van der Waals surface area (Å²) in [7, 11) is 12.8. The third-order valence-electron chi connectivity index (χ3n) is 1.49. The highest BCUT2D eigenvalue weighted by Gasteiger charge is 2.03. The van der Waals surface area contributed by atoms with Crippen molar-refractivity contribution in [2.24, 2.45) is 10.2 Å². The van der Waals surface area contributed by atoms with Gasteiger partial charge in [0.25, 0.3) is 0 Å². The van der Waals surface area contributed by atoms with E-state index in [0.29, 0.717) is 0 Å². The van der Waals surface area contributed by atoms with Gasteiger partial charge in [0.05, 0.1) is 54.7 Å². The molecular weight excluding hydrogens is 176 g/mol. The van der Waals surface area contributed by atoms with E-state index in [9.17, 15) is 0 Å². The second-order valence-corrected chi connectivity index (χ2v) is 5.54. The van der Waals surface area contributed by atoms with Gasteiger partial charge in [0.15, 0.2) is 0 Å². The molecule has 0 amide bonds. The lowest BCUT2D eigenvalue weighted by Crippen LogP contribution is -2.36. The van der Waals surface area contributed by atoms with Crippen LogP contribution in [0.1, 0.15) is 0 Å². The van der Waals surface area contributed by atoms with Crippen LogP contribution in [0.15, 0.2) is 10.2 Å². The Hall–Kier alpha value is -0.740. The van der Waals surface area contributed by atoms with E-state index in [-0.39, 0.29) is 0 Å². The van der Waals surface area contributed by atoms with Gasteiger partial charge in [0, 0.05) is 0 Å². The molecule has 0 aromatic carbocycles. The Morgan fingerprint density at radius 3 is 1.21 bits per heavy atom. The molecule has 0 saturated heterocycles. The zero-order valence-corrected chi connectivity index (χ0v) is 10.4. The number of hydrogen-bond acceptors (Lipinski definition) is 2. The fraction of sp³-hybridized carbons (Fsp3) is 0.800. The van der Waals surface area contributed by atoms with Crippen molar-refractivity contribution >= 4 is 12.4 Å². The standard InChI is InChI=1S/C10H24N4/c1-13(2,3)9-7-11-12-8-10-14(4,5)6/h7-8H,9-10H2,1-6H3/q+2. The molecule has 82 valence electrons. The van der Waals surface area contributed by atoms with Gasteiger partial charge in [-0.05, 0) is 0 Å². The quantitative estimate of drug-likeness (QED) is 0.350. The van der Waals surface area contributed by atoms with Gasteiger partial charge < -0.3 is 8.97 Å². The molecule has 0 rings (SSSR count). The van der Waals surface area contributed by atoms with Gasteiger partial charge in [-0.1, -0.05) is 0 Å².